The number of nitrogens with one attached hydrogen (secondary N) is 6. The molecule has 0 bridgehead atoms. The van der Waals surface area contributed by atoms with E-state index in [-0.39, 0.29) is 24.1 Å². The smallest absolute Gasteiger partial charge is 0.407 e. The van der Waals surface area contributed by atoms with Crippen LogP contribution in [-0.2, 0) is 9.47 Å². The van der Waals surface area contributed by atoms with Crippen molar-refractivity contribution in [1.29, 1.82) is 0 Å². The van der Waals surface area contributed by atoms with Crippen LogP contribution in [0.1, 0.15) is 119 Å². The van der Waals surface area contributed by atoms with E-state index >= 15 is 0 Å². The Bertz CT molecular complexity index is 745. The van der Waals surface area contributed by atoms with E-state index in [1.54, 1.807) is 0 Å². The van der Waals surface area contributed by atoms with Gasteiger partial charge in [0.2, 0.25) is 0 Å². The Morgan fingerprint density at radius 2 is 0.833 bits per heavy atom. The number of carbonyl (C=O) groups excluding carboxylic acids is 4. The van der Waals surface area contributed by atoms with Gasteiger partial charge in [-0.2, -0.15) is 0 Å². The SMILES string of the molecule is CC(C)(C)OC(=O)NCCCCCCNC(=O)N[C@H]1CCCC[C@@H]1NC(=O)NCCCCCCNC(=O)OC(C)(C)C. The molecule has 0 spiro atoms. The van der Waals surface area contributed by atoms with Crippen LogP contribution in [0.4, 0.5) is 19.2 Å². The van der Waals surface area contributed by atoms with Gasteiger partial charge in [0, 0.05) is 26.2 Å². The number of urea groups is 2. The van der Waals surface area contributed by atoms with Gasteiger partial charge in [0.25, 0.3) is 0 Å². The molecule has 0 saturated heterocycles. The molecule has 0 unspecified atom stereocenters. The van der Waals surface area contributed by atoms with Gasteiger partial charge in [-0.25, -0.2) is 19.2 Å². The fourth-order valence-corrected chi connectivity index (χ4v) is 4.54. The summed E-state index contributed by atoms with van der Waals surface area (Å²) in [6.45, 7) is 13.3. The van der Waals surface area contributed by atoms with Gasteiger partial charge >= 0.3 is 24.2 Å². The minimum absolute atomic E-state index is 0.0964. The second kappa shape index (κ2) is 20.1. The van der Waals surface area contributed by atoms with Gasteiger partial charge in [0.15, 0.2) is 0 Å². The van der Waals surface area contributed by atoms with Crippen molar-refractivity contribution in [2.45, 2.75) is 142 Å². The first-order valence-electron chi connectivity index (χ1n) is 15.8. The van der Waals surface area contributed by atoms with E-state index in [4.69, 9.17) is 9.47 Å². The van der Waals surface area contributed by atoms with Crippen molar-refractivity contribution in [1.82, 2.24) is 31.9 Å². The summed E-state index contributed by atoms with van der Waals surface area (Å²) in [6, 6.07) is -0.606. The molecule has 6 N–H and O–H groups in total. The van der Waals surface area contributed by atoms with Crippen LogP contribution < -0.4 is 31.9 Å². The third-order valence-electron chi connectivity index (χ3n) is 6.51. The van der Waals surface area contributed by atoms with Gasteiger partial charge in [-0.05, 0) is 80.1 Å². The quantitative estimate of drug-likeness (QED) is 0.136. The zero-order chi connectivity index (χ0) is 31.4. The molecule has 1 aliphatic rings. The molecule has 6 amide bonds. The maximum atomic E-state index is 12.4. The van der Waals surface area contributed by atoms with E-state index in [2.05, 4.69) is 31.9 Å². The normalized spacial score (nSPS) is 17.0. The molecule has 244 valence electrons. The molecule has 1 fully saturated rings. The predicted molar refractivity (Wildman–Crippen MR) is 165 cm³/mol. The van der Waals surface area contributed by atoms with E-state index in [1.807, 2.05) is 41.5 Å². The Morgan fingerprint density at radius 3 is 1.14 bits per heavy atom. The van der Waals surface area contributed by atoms with Crippen LogP contribution in [0.3, 0.4) is 0 Å². The van der Waals surface area contributed by atoms with Gasteiger partial charge < -0.3 is 41.4 Å². The third kappa shape index (κ3) is 20.9. The second-order valence-corrected chi connectivity index (χ2v) is 13.0. The molecule has 1 rings (SSSR count). The number of ether oxygens (including phenoxy) is 2. The molecule has 12 nitrogen and oxygen atoms in total. The zero-order valence-electron chi connectivity index (χ0n) is 26.9. The lowest BCUT2D eigenvalue weighted by molar-refractivity contribution is 0.0515. The van der Waals surface area contributed by atoms with Crippen LogP contribution in [0, 0.1) is 0 Å². The van der Waals surface area contributed by atoms with E-state index in [9.17, 15) is 19.2 Å². The Labute approximate surface area is 252 Å². The van der Waals surface area contributed by atoms with Gasteiger partial charge in [-0.15, -0.1) is 0 Å². The highest BCUT2D eigenvalue weighted by Crippen LogP contribution is 2.18. The lowest BCUT2D eigenvalue weighted by Crippen LogP contribution is -2.56. The number of carbonyl (C=O) groups is 4. The highest BCUT2D eigenvalue weighted by molar-refractivity contribution is 5.76. The van der Waals surface area contributed by atoms with Crippen molar-refractivity contribution in [2.75, 3.05) is 26.2 Å². The summed E-state index contributed by atoms with van der Waals surface area (Å²) < 4.78 is 10.4. The Kier molecular flexibility index (Phi) is 17.7. The van der Waals surface area contributed by atoms with Crippen LogP contribution in [0.5, 0.6) is 0 Å². The highest BCUT2D eigenvalue weighted by atomic mass is 16.6. The van der Waals surface area contributed by atoms with Crippen LogP contribution in [0.2, 0.25) is 0 Å². The summed E-state index contributed by atoms with van der Waals surface area (Å²) in [5.74, 6) is 0. The van der Waals surface area contributed by atoms with Crippen molar-refractivity contribution in [2.24, 2.45) is 0 Å². The fraction of sp³-hybridized carbons (Fsp3) is 0.867. The van der Waals surface area contributed by atoms with Crippen molar-refractivity contribution in [3.05, 3.63) is 0 Å². The van der Waals surface area contributed by atoms with Crippen molar-refractivity contribution in [3.63, 3.8) is 0 Å². The first-order chi connectivity index (χ1) is 19.7. The largest absolute Gasteiger partial charge is 0.444 e. The molecule has 1 saturated carbocycles. The van der Waals surface area contributed by atoms with Crippen LogP contribution in [-0.4, -0.2) is 73.7 Å². The first kappa shape index (κ1) is 37.1. The molecule has 42 heavy (non-hydrogen) atoms. The third-order valence-corrected chi connectivity index (χ3v) is 6.51. The highest BCUT2D eigenvalue weighted by Gasteiger charge is 2.27. The molecule has 0 aromatic heterocycles. The average Bonchev–Trinajstić information content (AvgIpc) is 2.86. The van der Waals surface area contributed by atoms with Crippen molar-refractivity contribution < 1.29 is 28.7 Å². The Balaban J connectivity index is 2.11. The van der Waals surface area contributed by atoms with Crippen molar-refractivity contribution >= 4 is 24.2 Å². The van der Waals surface area contributed by atoms with Gasteiger partial charge in [-0.3, -0.25) is 0 Å². The molecule has 0 aromatic rings. The summed E-state index contributed by atoms with van der Waals surface area (Å²) in [4.78, 5) is 48.1. The van der Waals surface area contributed by atoms with E-state index in [0.29, 0.717) is 26.2 Å². The number of alkyl carbamates (subject to hydrolysis) is 2. The number of rotatable bonds is 16. The summed E-state index contributed by atoms with van der Waals surface area (Å²) >= 11 is 0. The van der Waals surface area contributed by atoms with Crippen LogP contribution in [0.25, 0.3) is 0 Å². The number of amides is 6. The minimum Gasteiger partial charge on any atom is -0.444 e. The maximum absolute atomic E-state index is 12.4. The lowest BCUT2D eigenvalue weighted by Gasteiger charge is -2.32. The summed E-state index contributed by atoms with van der Waals surface area (Å²) in [6.07, 6.45) is 10.1. The Morgan fingerprint density at radius 1 is 0.524 bits per heavy atom. The average molecular weight is 599 g/mol. The molecule has 0 aromatic carbocycles. The number of hydrogen-bond donors (Lipinski definition) is 6. The molecular weight excluding hydrogens is 540 g/mol. The molecule has 12 heteroatoms. The number of unbranched alkanes of at least 4 members (excludes halogenated alkanes) is 6. The zero-order valence-corrected chi connectivity index (χ0v) is 26.9. The van der Waals surface area contributed by atoms with Crippen LogP contribution in [0.15, 0.2) is 0 Å². The van der Waals surface area contributed by atoms with Gasteiger partial charge in [-0.1, -0.05) is 38.5 Å². The molecular formula is C30H58N6O6. The monoisotopic (exact) mass is 598 g/mol. The Hall–Kier alpha value is -2.92. The maximum Gasteiger partial charge on any atom is 0.407 e. The first-order valence-corrected chi connectivity index (χ1v) is 15.8. The molecule has 0 aliphatic heterocycles. The van der Waals surface area contributed by atoms with Crippen molar-refractivity contribution in [3.8, 4) is 0 Å². The molecule has 0 heterocycles. The summed E-state index contributed by atoms with van der Waals surface area (Å²) in [5.41, 5.74) is -0.994. The standard InChI is InChI=1S/C30H58N6O6/c1-29(2,3)41-27(39)33-21-15-9-7-13-19-31-25(37)35-23-17-11-12-18-24(23)36-26(38)32-20-14-8-10-16-22-34-28(40)42-30(4,5)6/h23-24H,7-22H2,1-6H3,(H,33,39)(H,34,40)(H2,31,35,37)(H2,32,36,38)/t23-,24-/m0/s1. The molecule has 2 atom stereocenters. The second-order valence-electron chi connectivity index (χ2n) is 13.0. The molecule has 1 aliphatic carbocycles. The number of hydrogen-bond acceptors (Lipinski definition) is 6. The summed E-state index contributed by atoms with van der Waals surface area (Å²) in [5, 5.41) is 17.4. The fourth-order valence-electron chi connectivity index (χ4n) is 4.54. The van der Waals surface area contributed by atoms with Crippen LogP contribution >= 0.6 is 0 Å². The minimum atomic E-state index is -0.497. The topological polar surface area (TPSA) is 159 Å². The van der Waals surface area contributed by atoms with Gasteiger partial charge in [0.1, 0.15) is 11.2 Å². The van der Waals surface area contributed by atoms with Gasteiger partial charge in [0.05, 0.1) is 12.1 Å². The van der Waals surface area contributed by atoms with E-state index < -0.39 is 23.4 Å². The van der Waals surface area contributed by atoms with E-state index in [1.165, 1.54) is 0 Å². The summed E-state index contributed by atoms with van der Waals surface area (Å²) in [7, 11) is 0. The molecule has 0 radical (unpaired) electrons. The van der Waals surface area contributed by atoms with E-state index in [0.717, 1.165) is 77.0 Å². The predicted octanol–water partition coefficient (Wildman–Crippen LogP) is 5.07. The lowest BCUT2D eigenvalue weighted by atomic mass is 9.90.